The van der Waals surface area contributed by atoms with Gasteiger partial charge in [0.1, 0.15) is 0 Å². The maximum absolute atomic E-state index is 8.57. The predicted octanol–water partition coefficient (Wildman–Crippen LogP) is 0.649. The lowest BCUT2D eigenvalue weighted by molar-refractivity contribution is 0.378. The van der Waals surface area contributed by atoms with Crippen LogP contribution in [0.5, 0.6) is 0 Å². The van der Waals surface area contributed by atoms with Crippen molar-refractivity contribution in [2.24, 2.45) is 0 Å². The smallest absolute Gasteiger partial charge is 0.427 e. The van der Waals surface area contributed by atoms with Crippen LogP contribution in [-0.2, 0) is 0 Å². The summed E-state index contributed by atoms with van der Waals surface area (Å²) in [6, 6.07) is 0. The van der Waals surface area contributed by atoms with Gasteiger partial charge in [0.2, 0.25) is 0 Å². The molecular formula is C5H13BO2. The van der Waals surface area contributed by atoms with Crippen LogP contribution in [0.25, 0.3) is 0 Å². The van der Waals surface area contributed by atoms with Gasteiger partial charge in [-0.3, -0.25) is 0 Å². The van der Waals surface area contributed by atoms with Crippen molar-refractivity contribution in [3.8, 4) is 0 Å². The van der Waals surface area contributed by atoms with Crippen molar-refractivity contribution in [2.45, 2.75) is 32.5 Å². The third-order valence-corrected chi connectivity index (χ3v) is 1.47. The van der Waals surface area contributed by atoms with Gasteiger partial charge in [-0.2, -0.15) is 0 Å². The number of rotatable bonds is 3. The van der Waals surface area contributed by atoms with Crippen LogP contribution in [0.2, 0.25) is 5.82 Å². The van der Waals surface area contributed by atoms with Gasteiger partial charge in [-0.05, 0) is 5.82 Å². The molecule has 8 heavy (non-hydrogen) atoms. The van der Waals surface area contributed by atoms with Gasteiger partial charge in [0.25, 0.3) is 0 Å². The Morgan fingerprint density at radius 1 is 1.25 bits per heavy atom. The van der Waals surface area contributed by atoms with Crippen LogP contribution < -0.4 is 0 Å². The molecule has 0 spiro atoms. The molecule has 0 aliphatic carbocycles. The quantitative estimate of drug-likeness (QED) is 0.531. The van der Waals surface area contributed by atoms with Crippen LogP contribution in [0.15, 0.2) is 0 Å². The van der Waals surface area contributed by atoms with E-state index in [1.807, 2.05) is 13.8 Å². The van der Waals surface area contributed by atoms with E-state index in [9.17, 15) is 0 Å². The molecule has 0 aromatic carbocycles. The first-order valence-electron chi connectivity index (χ1n) is 3.08. The monoisotopic (exact) mass is 116 g/mol. The zero-order valence-corrected chi connectivity index (χ0v) is 5.46. The molecule has 2 N–H and O–H groups in total. The Morgan fingerprint density at radius 2 is 1.62 bits per heavy atom. The molecule has 0 heterocycles. The largest absolute Gasteiger partial charge is 0.454 e. The fraction of sp³-hybridized carbons (Fsp3) is 1.00. The van der Waals surface area contributed by atoms with E-state index >= 15 is 0 Å². The van der Waals surface area contributed by atoms with Gasteiger partial charge >= 0.3 is 7.12 Å². The van der Waals surface area contributed by atoms with E-state index in [0.29, 0.717) is 0 Å². The maximum atomic E-state index is 8.57. The normalized spacial score (nSPS) is 10.1. The predicted molar refractivity (Wildman–Crippen MR) is 34.5 cm³/mol. The minimum atomic E-state index is -1.12. The van der Waals surface area contributed by atoms with E-state index in [0.717, 1.165) is 12.8 Å². The van der Waals surface area contributed by atoms with Crippen LogP contribution in [0, 0.1) is 0 Å². The van der Waals surface area contributed by atoms with Crippen LogP contribution >= 0.6 is 0 Å². The van der Waals surface area contributed by atoms with Crippen molar-refractivity contribution in [1.29, 1.82) is 0 Å². The Labute approximate surface area is 50.7 Å². The molecule has 0 aromatic rings. The van der Waals surface area contributed by atoms with Gasteiger partial charge in [-0.25, -0.2) is 0 Å². The average Bonchev–Trinajstić information content (AvgIpc) is 1.69. The molecule has 0 saturated carbocycles. The fourth-order valence-electron chi connectivity index (χ4n) is 0.710. The molecule has 0 unspecified atom stereocenters. The molecule has 48 valence electrons. The highest BCUT2D eigenvalue weighted by molar-refractivity contribution is 6.43. The molecule has 2 nitrogen and oxygen atoms in total. The lowest BCUT2D eigenvalue weighted by Gasteiger charge is -2.08. The van der Waals surface area contributed by atoms with Crippen LogP contribution in [-0.4, -0.2) is 17.2 Å². The van der Waals surface area contributed by atoms with E-state index < -0.39 is 7.12 Å². The molecule has 0 radical (unpaired) electrons. The summed E-state index contributed by atoms with van der Waals surface area (Å²) in [6.45, 7) is 3.90. The lowest BCUT2D eigenvalue weighted by atomic mass is 9.70. The Bertz CT molecular complexity index is 52.4. The van der Waals surface area contributed by atoms with E-state index in [2.05, 4.69) is 0 Å². The van der Waals surface area contributed by atoms with E-state index in [1.165, 1.54) is 0 Å². The summed E-state index contributed by atoms with van der Waals surface area (Å²) < 4.78 is 0. The number of hydrogen-bond donors (Lipinski definition) is 2. The van der Waals surface area contributed by atoms with Crippen LogP contribution in [0.1, 0.15) is 26.7 Å². The first-order valence-corrected chi connectivity index (χ1v) is 3.08. The molecule has 0 aromatic heterocycles. The lowest BCUT2D eigenvalue weighted by Crippen LogP contribution is -2.18. The van der Waals surface area contributed by atoms with Gasteiger partial charge < -0.3 is 10.0 Å². The molecule has 0 amide bonds. The highest BCUT2D eigenvalue weighted by Crippen LogP contribution is 2.14. The van der Waals surface area contributed by atoms with Crippen molar-refractivity contribution in [2.75, 3.05) is 0 Å². The molecular weight excluding hydrogens is 103 g/mol. The van der Waals surface area contributed by atoms with E-state index in [-0.39, 0.29) is 5.82 Å². The molecule has 0 fully saturated rings. The van der Waals surface area contributed by atoms with Crippen LogP contribution in [0.4, 0.5) is 0 Å². The molecule has 0 aliphatic rings. The second-order valence-corrected chi connectivity index (χ2v) is 1.99. The molecule has 0 bridgehead atoms. The first-order chi connectivity index (χ1) is 3.72. The molecule has 0 rings (SSSR count). The minimum absolute atomic E-state index is 0.0648. The highest BCUT2D eigenvalue weighted by atomic mass is 16.4. The maximum Gasteiger partial charge on any atom is 0.454 e. The Balaban J connectivity index is 3.35. The Morgan fingerprint density at radius 3 is 1.62 bits per heavy atom. The summed E-state index contributed by atoms with van der Waals surface area (Å²) in [5.41, 5.74) is 0. The van der Waals surface area contributed by atoms with Gasteiger partial charge in [-0.15, -0.1) is 0 Å². The molecule has 0 aliphatic heterocycles. The Hall–Kier alpha value is -0.0151. The standard InChI is InChI=1S/C5H13BO2/c1-3-5(4-2)6(7)8/h5,7-8H,3-4H2,1-2H3. The first kappa shape index (κ1) is 7.98. The van der Waals surface area contributed by atoms with Gasteiger partial charge in [-0.1, -0.05) is 26.7 Å². The molecule has 0 saturated heterocycles. The summed E-state index contributed by atoms with van der Waals surface area (Å²) in [5, 5.41) is 17.1. The number of hydrogen-bond acceptors (Lipinski definition) is 2. The topological polar surface area (TPSA) is 40.5 Å². The van der Waals surface area contributed by atoms with Gasteiger partial charge in [0, 0.05) is 0 Å². The summed E-state index contributed by atoms with van der Waals surface area (Å²) in [6.07, 6.45) is 1.68. The SMILES string of the molecule is CCC(CC)B(O)O. The summed E-state index contributed by atoms with van der Waals surface area (Å²) in [4.78, 5) is 0. The fourth-order valence-corrected chi connectivity index (χ4v) is 0.710. The van der Waals surface area contributed by atoms with Crippen LogP contribution in [0.3, 0.4) is 0 Å². The summed E-state index contributed by atoms with van der Waals surface area (Å²) >= 11 is 0. The third kappa shape index (κ3) is 2.33. The van der Waals surface area contributed by atoms with Crippen molar-refractivity contribution >= 4 is 7.12 Å². The van der Waals surface area contributed by atoms with Crippen molar-refractivity contribution in [3.63, 3.8) is 0 Å². The minimum Gasteiger partial charge on any atom is -0.427 e. The zero-order valence-electron chi connectivity index (χ0n) is 5.46. The van der Waals surface area contributed by atoms with E-state index in [4.69, 9.17) is 10.0 Å². The second-order valence-electron chi connectivity index (χ2n) is 1.99. The highest BCUT2D eigenvalue weighted by Gasteiger charge is 2.18. The van der Waals surface area contributed by atoms with Crippen molar-refractivity contribution in [3.05, 3.63) is 0 Å². The third-order valence-electron chi connectivity index (χ3n) is 1.47. The summed E-state index contributed by atoms with van der Waals surface area (Å²) in [5.74, 6) is 0.0648. The second kappa shape index (κ2) is 3.92. The van der Waals surface area contributed by atoms with Gasteiger partial charge in [0.05, 0.1) is 0 Å². The molecule has 3 heteroatoms. The summed E-state index contributed by atoms with van der Waals surface area (Å²) in [7, 11) is -1.12. The Kier molecular flexibility index (Phi) is 3.92. The zero-order chi connectivity index (χ0) is 6.57. The van der Waals surface area contributed by atoms with Crippen molar-refractivity contribution in [1.82, 2.24) is 0 Å². The van der Waals surface area contributed by atoms with Gasteiger partial charge in [0.15, 0.2) is 0 Å². The average molecular weight is 116 g/mol. The van der Waals surface area contributed by atoms with E-state index in [1.54, 1.807) is 0 Å². The molecule has 0 atom stereocenters. The van der Waals surface area contributed by atoms with Crippen molar-refractivity contribution < 1.29 is 10.0 Å².